The van der Waals surface area contributed by atoms with Gasteiger partial charge in [0.2, 0.25) is 0 Å². The van der Waals surface area contributed by atoms with Crippen LogP contribution in [0.5, 0.6) is 0 Å². The molecule has 1 aromatic heterocycles. The van der Waals surface area contributed by atoms with Gasteiger partial charge < -0.3 is 9.73 Å². The zero-order valence-corrected chi connectivity index (χ0v) is 12.2. The summed E-state index contributed by atoms with van der Waals surface area (Å²) in [5, 5.41) is 2.84. The first-order valence-corrected chi connectivity index (χ1v) is 7.34. The summed E-state index contributed by atoms with van der Waals surface area (Å²) in [5.74, 6) is 0.339. The summed E-state index contributed by atoms with van der Waals surface area (Å²) in [4.78, 5) is 11.9. The molecule has 0 aliphatic rings. The molecule has 3 nitrogen and oxygen atoms in total. The highest BCUT2D eigenvalue weighted by Crippen LogP contribution is 2.22. The Labute approximate surface area is 124 Å². The van der Waals surface area contributed by atoms with E-state index in [4.69, 9.17) is 4.42 Å². The van der Waals surface area contributed by atoms with Gasteiger partial charge >= 0.3 is 0 Å². The standard InChI is InChI=1S/C17H20FNO2/c1-2-3-4-5-12-19-17(20)16-11-10-15(21-16)13-6-8-14(18)9-7-13/h6-11H,2-5,12H2,1H3,(H,19,20). The zero-order chi connectivity index (χ0) is 15.1. The third-order valence-electron chi connectivity index (χ3n) is 3.27. The Hall–Kier alpha value is -2.10. The fourth-order valence-corrected chi connectivity index (χ4v) is 2.07. The molecule has 0 unspecified atom stereocenters. The van der Waals surface area contributed by atoms with Crippen LogP contribution in [0.4, 0.5) is 4.39 Å². The number of hydrogen-bond acceptors (Lipinski definition) is 2. The minimum atomic E-state index is -0.296. The summed E-state index contributed by atoms with van der Waals surface area (Å²) >= 11 is 0. The Morgan fingerprint density at radius 2 is 1.86 bits per heavy atom. The molecule has 2 aromatic rings. The van der Waals surface area contributed by atoms with Crippen LogP contribution in [0.2, 0.25) is 0 Å². The minimum Gasteiger partial charge on any atom is -0.451 e. The van der Waals surface area contributed by atoms with Crippen molar-refractivity contribution in [2.45, 2.75) is 32.6 Å². The maximum Gasteiger partial charge on any atom is 0.287 e. The van der Waals surface area contributed by atoms with E-state index in [0.29, 0.717) is 12.3 Å². The molecule has 0 saturated carbocycles. The first-order chi connectivity index (χ1) is 10.2. The Kier molecular flexibility index (Phi) is 5.55. The summed E-state index contributed by atoms with van der Waals surface area (Å²) in [6, 6.07) is 9.34. The zero-order valence-electron chi connectivity index (χ0n) is 12.2. The Morgan fingerprint density at radius 1 is 1.10 bits per heavy atom. The molecule has 1 amide bonds. The lowest BCUT2D eigenvalue weighted by Gasteiger charge is -2.02. The molecule has 0 atom stereocenters. The number of amides is 1. The molecule has 1 N–H and O–H groups in total. The molecule has 0 aliphatic heterocycles. The highest BCUT2D eigenvalue weighted by Gasteiger charge is 2.11. The number of halogens is 1. The predicted molar refractivity (Wildman–Crippen MR) is 80.6 cm³/mol. The topological polar surface area (TPSA) is 42.2 Å². The predicted octanol–water partition coefficient (Wildman–Crippen LogP) is 4.40. The normalized spacial score (nSPS) is 10.6. The van der Waals surface area contributed by atoms with Crippen molar-refractivity contribution in [3.63, 3.8) is 0 Å². The summed E-state index contributed by atoms with van der Waals surface area (Å²) in [6.07, 6.45) is 4.46. The molecule has 1 heterocycles. The van der Waals surface area contributed by atoms with Gasteiger partial charge in [0.1, 0.15) is 11.6 Å². The number of hydrogen-bond donors (Lipinski definition) is 1. The lowest BCUT2D eigenvalue weighted by Crippen LogP contribution is -2.23. The first kappa shape index (κ1) is 15.3. The third kappa shape index (κ3) is 4.45. The monoisotopic (exact) mass is 289 g/mol. The van der Waals surface area contributed by atoms with E-state index < -0.39 is 0 Å². The van der Waals surface area contributed by atoms with Crippen LogP contribution in [0.3, 0.4) is 0 Å². The average Bonchev–Trinajstić information content (AvgIpc) is 2.97. The smallest absolute Gasteiger partial charge is 0.287 e. The van der Waals surface area contributed by atoms with Crippen molar-refractivity contribution in [2.75, 3.05) is 6.54 Å². The molecule has 0 fully saturated rings. The van der Waals surface area contributed by atoms with Crippen molar-refractivity contribution >= 4 is 5.91 Å². The van der Waals surface area contributed by atoms with E-state index in [1.54, 1.807) is 24.3 Å². The number of carbonyl (C=O) groups excluding carboxylic acids is 1. The molecule has 4 heteroatoms. The van der Waals surface area contributed by atoms with Gasteiger partial charge in [-0.1, -0.05) is 26.2 Å². The van der Waals surface area contributed by atoms with Gasteiger partial charge in [-0.2, -0.15) is 0 Å². The van der Waals surface area contributed by atoms with Gasteiger partial charge in [-0.25, -0.2) is 4.39 Å². The van der Waals surface area contributed by atoms with Crippen molar-refractivity contribution in [1.82, 2.24) is 5.32 Å². The molecule has 112 valence electrons. The molecular formula is C17H20FNO2. The van der Waals surface area contributed by atoms with Crippen LogP contribution in [-0.2, 0) is 0 Å². The number of carbonyl (C=O) groups is 1. The maximum atomic E-state index is 12.9. The largest absolute Gasteiger partial charge is 0.451 e. The number of nitrogens with one attached hydrogen (secondary N) is 1. The second kappa shape index (κ2) is 7.62. The van der Waals surface area contributed by atoms with E-state index in [-0.39, 0.29) is 17.5 Å². The average molecular weight is 289 g/mol. The van der Waals surface area contributed by atoms with Gasteiger partial charge in [0, 0.05) is 12.1 Å². The van der Waals surface area contributed by atoms with Crippen molar-refractivity contribution in [3.05, 3.63) is 48.0 Å². The molecule has 0 saturated heterocycles. The number of benzene rings is 1. The van der Waals surface area contributed by atoms with E-state index >= 15 is 0 Å². The second-order valence-electron chi connectivity index (χ2n) is 4.99. The summed E-state index contributed by atoms with van der Waals surface area (Å²) in [7, 11) is 0. The van der Waals surface area contributed by atoms with Gasteiger partial charge in [-0.05, 0) is 42.8 Å². The Bertz CT molecular complexity index is 575. The molecule has 0 aliphatic carbocycles. The maximum absolute atomic E-state index is 12.9. The molecule has 21 heavy (non-hydrogen) atoms. The van der Waals surface area contributed by atoms with Crippen molar-refractivity contribution in [1.29, 1.82) is 0 Å². The van der Waals surface area contributed by atoms with E-state index in [1.165, 1.54) is 25.0 Å². The van der Waals surface area contributed by atoms with Crippen LogP contribution in [0, 0.1) is 5.82 Å². The van der Waals surface area contributed by atoms with Crippen molar-refractivity contribution in [3.8, 4) is 11.3 Å². The third-order valence-corrected chi connectivity index (χ3v) is 3.27. The number of rotatable bonds is 7. The van der Waals surface area contributed by atoms with Crippen LogP contribution in [0.25, 0.3) is 11.3 Å². The molecule has 0 spiro atoms. The van der Waals surface area contributed by atoms with Gasteiger partial charge in [0.15, 0.2) is 5.76 Å². The summed E-state index contributed by atoms with van der Waals surface area (Å²) in [5.41, 5.74) is 0.749. The molecular weight excluding hydrogens is 269 g/mol. The highest BCUT2D eigenvalue weighted by molar-refractivity contribution is 5.92. The molecule has 0 radical (unpaired) electrons. The molecule has 0 bridgehead atoms. The first-order valence-electron chi connectivity index (χ1n) is 7.34. The van der Waals surface area contributed by atoms with Crippen LogP contribution in [0.1, 0.15) is 43.2 Å². The van der Waals surface area contributed by atoms with Crippen LogP contribution >= 0.6 is 0 Å². The highest BCUT2D eigenvalue weighted by atomic mass is 19.1. The van der Waals surface area contributed by atoms with Gasteiger partial charge in [-0.3, -0.25) is 4.79 Å². The second-order valence-corrected chi connectivity index (χ2v) is 4.99. The molecule has 2 rings (SSSR count). The van der Waals surface area contributed by atoms with E-state index in [9.17, 15) is 9.18 Å². The Morgan fingerprint density at radius 3 is 2.57 bits per heavy atom. The van der Waals surface area contributed by atoms with Gasteiger partial charge in [0.05, 0.1) is 0 Å². The van der Waals surface area contributed by atoms with E-state index in [0.717, 1.165) is 18.4 Å². The van der Waals surface area contributed by atoms with Crippen molar-refractivity contribution < 1.29 is 13.6 Å². The van der Waals surface area contributed by atoms with Crippen LogP contribution in [-0.4, -0.2) is 12.5 Å². The summed E-state index contributed by atoms with van der Waals surface area (Å²) in [6.45, 7) is 2.81. The lowest BCUT2D eigenvalue weighted by atomic mass is 10.2. The van der Waals surface area contributed by atoms with Gasteiger partial charge in [-0.15, -0.1) is 0 Å². The lowest BCUT2D eigenvalue weighted by molar-refractivity contribution is 0.0926. The molecule has 1 aromatic carbocycles. The quantitative estimate of drug-likeness (QED) is 0.768. The minimum absolute atomic E-state index is 0.208. The van der Waals surface area contributed by atoms with Crippen LogP contribution in [0.15, 0.2) is 40.8 Å². The van der Waals surface area contributed by atoms with Crippen molar-refractivity contribution in [2.24, 2.45) is 0 Å². The fraction of sp³-hybridized carbons (Fsp3) is 0.353. The van der Waals surface area contributed by atoms with E-state index in [1.807, 2.05) is 0 Å². The van der Waals surface area contributed by atoms with E-state index in [2.05, 4.69) is 12.2 Å². The SMILES string of the molecule is CCCCCCNC(=O)c1ccc(-c2ccc(F)cc2)o1. The van der Waals surface area contributed by atoms with Crippen LogP contribution < -0.4 is 5.32 Å². The number of unbranched alkanes of at least 4 members (excludes halogenated alkanes) is 3. The summed E-state index contributed by atoms with van der Waals surface area (Å²) < 4.78 is 18.4. The fourth-order valence-electron chi connectivity index (χ4n) is 2.07. The Balaban J connectivity index is 1.90. The van der Waals surface area contributed by atoms with Gasteiger partial charge in [0.25, 0.3) is 5.91 Å². The number of furan rings is 1.